The molecule has 1 unspecified atom stereocenters. The third-order valence-electron chi connectivity index (χ3n) is 6.94. The number of ether oxygens (including phenoxy) is 1. The zero-order valence-electron chi connectivity index (χ0n) is 20.6. The van der Waals surface area contributed by atoms with Crippen LogP contribution in [0.4, 0.5) is 10.8 Å². The molecule has 0 radical (unpaired) electrons. The number of aromatic nitrogens is 2. The zero-order valence-corrected chi connectivity index (χ0v) is 21.4. The number of rotatable bonds is 7. The van der Waals surface area contributed by atoms with E-state index in [9.17, 15) is 4.79 Å². The summed E-state index contributed by atoms with van der Waals surface area (Å²) >= 11 is 1.70. The van der Waals surface area contributed by atoms with Gasteiger partial charge in [0, 0.05) is 75.7 Å². The summed E-state index contributed by atoms with van der Waals surface area (Å²) in [5, 5.41) is 7.74. The molecule has 3 aromatic rings. The average Bonchev–Trinajstić information content (AvgIpc) is 3.26. The Morgan fingerprint density at radius 3 is 2.77 bits per heavy atom. The highest BCUT2D eigenvalue weighted by Crippen LogP contribution is 2.37. The molecule has 0 bridgehead atoms. The molecule has 2 aromatic heterocycles. The van der Waals surface area contributed by atoms with Gasteiger partial charge in [-0.25, -0.2) is 4.98 Å². The van der Waals surface area contributed by atoms with Crippen LogP contribution in [0.5, 0.6) is 5.75 Å². The molecular weight excluding hydrogens is 460 g/mol. The summed E-state index contributed by atoms with van der Waals surface area (Å²) in [7, 11) is 1.72. The second-order valence-corrected chi connectivity index (χ2v) is 10.1. The second-order valence-electron chi connectivity index (χ2n) is 9.28. The molecule has 2 saturated heterocycles. The summed E-state index contributed by atoms with van der Waals surface area (Å²) in [5.74, 6) is 1.05. The summed E-state index contributed by atoms with van der Waals surface area (Å²) in [6.45, 7) is 9.15. The molecule has 0 amide bonds. The molecule has 2 aliphatic rings. The summed E-state index contributed by atoms with van der Waals surface area (Å²) in [4.78, 5) is 29.2. The summed E-state index contributed by atoms with van der Waals surface area (Å²) in [6.07, 6.45) is 3.33. The van der Waals surface area contributed by atoms with Crippen molar-refractivity contribution in [2.75, 3.05) is 69.3 Å². The van der Waals surface area contributed by atoms with Gasteiger partial charge in [0.15, 0.2) is 5.13 Å². The number of pyridine rings is 1. The van der Waals surface area contributed by atoms with Crippen LogP contribution in [0, 0.1) is 0 Å². The molecule has 0 saturated carbocycles. The fourth-order valence-corrected chi connectivity index (χ4v) is 6.10. The smallest absolute Gasteiger partial charge is 0.185 e. The van der Waals surface area contributed by atoms with Crippen molar-refractivity contribution in [3.8, 4) is 5.75 Å². The zero-order chi connectivity index (χ0) is 24.2. The molecule has 1 N–H and O–H groups in total. The van der Waals surface area contributed by atoms with E-state index in [0.717, 1.165) is 91.9 Å². The maximum Gasteiger partial charge on any atom is 0.185 e. The fraction of sp³-hybridized carbons (Fsp3) is 0.500. The Morgan fingerprint density at radius 1 is 1.11 bits per heavy atom. The number of ketones is 1. The largest absolute Gasteiger partial charge is 0.494 e. The molecule has 186 valence electrons. The van der Waals surface area contributed by atoms with Crippen molar-refractivity contribution in [2.24, 2.45) is 0 Å². The number of fused-ring (bicyclic) bond motifs is 1. The first kappa shape index (κ1) is 24.0. The van der Waals surface area contributed by atoms with Crippen molar-refractivity contribution in [3.05, 3.63) is 41.5 Å². The van der Waals surface area contributed by atoms with E-state index < -0.39 is 0 Å². The first-order valence-corrected chi connectivity index (χ1v) is 13.3. The quantitative estimate of drug-likeness (QED) is 0.536. The Morgan fingerprint density at radius 2 is 1.97 bits per heavy atom. The molecule has 2 fully saturated rings. The Hall–Kier alpha value is -2.75. The molecule has 0 aliphatic carbocycles. The predicted octanol–water partition coefficient (Wildman–Crippen LogP) is 3.34. The first-order chi connectivity index (χ1) is 17.1. The van der Waals surface area contributed by atoms with Crippen LogP contribution in [-0.4, -0.2) is 80.1 Å². The Labute approximate surface area is 210 Å². The highest BCUT2D eigenvalue weighted by molar-refractivity contribution is 7.13. The predicted molar refractivity (Wildman–Crippen MR) is 142 cm³/mol. The van der Waals surface area contributed by atoms with E-state index in [-0.39, 0.29) is 11.8 Å². The van der Waals surface area contributed by atoms with Gasteiger partial charge in [-0.2, -0.15) is 0 Å². The third-order valence-corrected chi connectivity index (χ3v) is 7.86. The molecule has 9 heteroatoms. The van der Waals surface area contributed by atoms with Gasteiger partial charge < -0.3 is 19.9 Å². The number of piperazine rings is 1. The average molecular weight is 495 g/mol. The highest BCUT2D eigenvalue weighted by Gasteiger charge is 2.29. The van der Waals surface area contributed by atoms with Crippen molar-refractivity contribution in [3.63, 3.8) is 0 Å². The van der Waals surface area contributed by atoms with E-state index >= 15 is 0 Å². The molecule has 2 aliphatic heterocycles. The molecule has 1 aromatic carbocycles. The van der Waals surface area contributed by atoms with Gasteiger partial charge in [-0.05, 0) is 31.5 Å². The molecule has 0 spiro atoms. The number of carbonyl (C=O) groups excluding carboxylic acids is 1. The number of hydrogen-bond donors (Lipinski definition) is 1. The second kappa shape index (κ2) is 10.9. The van der Waals surface area contributed by atoms with Crippen molar-refractivity contribution in [2.45, 2.75) is 25.8 Å². The van der Waals surface area contributed by atoms with Crippen LogP contribution in [0.3, 0.4) is 0 Å². The lowest BCUT2D eigenvalue weighted by atomic mass is 10.1. The maximum atomic E-state index is 12.3. The SMILES string of the molecule is COc1ccc2cccnc2c1N1CCCN(C(CC(C)=O)c2csc(N3CCNCC3)n2)CC1. The Kier molecular flexibility index (Phi) is 7.46. The number of nitrogens with one attached hydrogen (secondary N) is 1. The highest BCUT2D eigenvalue weighted by atomic mass is 32.1. The summed E-state index contributed by atoms with van der Waals surface area (Å²) in [6, 6.07) is 8.17. The van der Waals surface area contributed by atoms with Gasteiger partial charge in [0.25, 0.3) is 0 Å². The standard InChI is InChI=1S/C26H34N6O2S/c1-19(33)17-22(21-18-35-26(29-21)32-13-9-27-10-14-32)30-11-4-12-31(16-15-30)25-23(34-2)7-6-20-5-3-8-28-24(20)25/h3,5-8,18,22,27H,4,9-17H2,1-2H3. The monoisotopic (exact) mass is 494 g/mol. The summed E-state index contributed by atoms with van der Waals surface area (Å²) in [5.41, 5.74) is 3.06. The van der Waals surface area contributed by atoms with Crippen LogP contribution < -0.4 is 19.9 Å². The van der Waals surface area contributed by atoms with Crippen LogP contribution >= 0.6 is 11.3 Å². The van der Waals surface area contributed by atoms with Crippen LogP contribution in [0.2, 0.25) is 0 Å². The van der Waals surface area contributed by atoms with Crippen molar-refractivity contribution in [1.82, 2.24) is 20.2 Å². The van der Waals surface area contributed by atoms with Gasteiger partial charge in [-0.15, -0.1) is 11.3 Å². The van der Waals surface area contributed by atoms with Gasteiger partial charge in [0.2, 0.25) is 0 Å². The fourth-order valence-electron chi connectivity index (χ4n) is 5.18. The van der Waals surface area contributed by atoms with E-state index in [1.54, 1.807) is 25.4 Å². The number of thiazole rings is 1. The summed E-state index contributed by atoms with van der Waals surface area (Å²) < 4.78 is 5.75. The number of methoxy groups -OCH3 is 1. The van der Waals surface area contributed by atoms with E-state index in [4.69, 9.17) is 9.72 Å². The van der Waals surface area contributed by atoms with Crippen LogP contribution in [0.1, 0.15) is 31.5 Å². The minimum Gasteiger partial charge on any atom is -0.494 e. The molecule has 35 heavy (non-hydrogen) atoms. The normalized spacial score (nSPS) is 18.5. The van der Waals surface area contributed by atoms with Crippen LogP contribution in [-0.2, 0) is 4.79 Å². The van der Waals surface area contributed by atoms with Crippen LogP contribution in [0.15, 0.2) is 35.8 Å². The molecule has 1 atom stereocenters. The lowest BCUT2D eigenvalue weighted by molar-refractivity contribution is -0.118. The number of Topliss-reactive ketones (excluding diaryl/α,β-unsaturated/α-hetero) is 1. The van der Waals surface area contributed by atoms with Crippen molar-refractivity contribution >= 4 is 38.8 Å². The third kappa shape index (κ3) is 5.27. The first-order valence-electron chi connectivity index (χ1n) is 12.5. The number of anilines is 2. The van der Waals surface area contributed by atoms with E-state index in [2.05, 4.69) is 42.5 Å². The Bertz CT molecular complexity index is 1160. The van der Waals surface area contributed by atoms with Crippen LogP contribution in [0.25, 0.3) is 10.9 Å². The van der Waals surface area contributed by atoms with Crippen molar-refractivity contribution in [1.29, 1.82) is 0 Å². The van der Waals surface area contributed by atoms with Gasteiger partial charge >= 0.3 is 0 Å². The maximum absolute atomic E-state index is 12.3. The van der Waals surface area contributed by atoms with Gasteiger partial charge in [-0.3, -0.25) is 14.7 Å². The number of nitrogens with zero attached hydrogens (tertiary/aromatic N) is 5. The number of hydrogen-bond acceptors (Lipinski definition) is 9. The Balaban J connectivity index is 1.38. The van der Waals surface area contributed by atoms with E-state index in [1.165, 1.54) is 0 Å². The molecule has 5 rings (SSSR count). The van der Waals surface area contributed by atoms with E-state index in [0.29, 0.717) is 6.42 Å². The lowest BCUT2D eigenvalue weighted by Gasteiger charge is -2.30. The number of carbonyl (C=O) groups is 1. The molecular formula is C26H34N6O2S. The molecule has 4 heterocycles. The van der Waals surface area contributed by atoms with Gasteiger partial charge in [-0.1, -0.05) is 6.07 Å². The molecule has 8 nitrogen and oxygen atoms in total. The van der Waals surface area contributed by atoms with Gasteiger partial charge in [0.05, 0.1) is 24.4 Å². The van der Waals surface area contributed by atoms with E-state index in [1.807, 2.05) is 18.3 Å². The minimum absolute atomic E-state index is 0.00732. The van der Waals surface area contributed by atoms with Gasteiger partial charge in [0.1, 0.15) is 17.2 Å². The number of benzene rings is 1. The lowest BCUT2D eigenvalue weighted by Crippen LogP contribution is -2.43. The minimum atomic E-state index is 0.00732. The topological polar surface area (TPSA) is 73.8 Å². The van der Waals surface area contributed by atoms with Crippen molar-refractivity contribution < 1.29 is 9.53 Å².